The van der Waals surface area contributed by atoms with Gasteiger partial charge in [0.05, 0.1) is 6.33 Å². The lowest BCUT2D eigenvalue weighted by atomic mass is 10.0. The molecule has 2 heterocycles. The second kappa shape index (κ2) is 4.95. The Balaban J connectivity index is 1.52. The van der Waals surface area contributed by atoms with Gasteiger partial charge in [0.1, 0.15) is 5.54 Å². The number of fused-ring (bicyclic) bond motifs is 1. The molecule has 2 N–H and O–H groups in total. The van der Waals surface area contributed by atoms with Crippen molar-refractivity contribution in [3.63, 3.8) is 0 Å². The van der Waals surface area contributed by atoms with Crippen LogP contribution in [0.15, 0.2) is 36.9 Å². The Labute approximate surface area is 129 Å². The molecular weight excluding hydrogens is 276 g/mol. The minimum atomic E-state index is -0.296. The number of piperidine rings is 1. The van der Waals surface area contributed by atoms with Crippen molar-refractivity contribution in [2.75, 3.05) is 11.9 Å². The minimum absolute atomic E-state index is 0.118. The standard InChI is InChI=1S/C17H20N4O/c1-12-9-14(4-5-15(12)21-8-7-18-11-21)20-16(22)17-10-13(17)3-2-6-19-17/h4-5,7-9,11,13,19H,2-3,6,10H2,1H3,(H,20,22)/t13-,17+/m1/s1. The molecule has 2 atom stereocenters. The van der Waals surface area contributed by atoms with E-state index >= 15 is 0 Å². The van der Waals surface area contributed by atoms with Gasteiger partial charge >= 0.3 is 0 Å². The second-order valence-electron chi connectivity index (χ2n) is 6.37. The van der Waals surface area contributed by atoms with Crippen LogP contribution >= 0.6 is 0 Å². The summed E-state index contributed by atoms with van der Waals surface area (Å²) in [6, 6.07) is 5.99. The lowest BCUT2D eigenvalue weighted by Gasteiger charge is -2.23. The van der Waals surface area contributed by atoms with Gasteiger partial charge in [0.15, 0.2) is 0 Å². The highest BCUT2D eigenvalue weighted by Crippen LogP contribution is 2.49. The maximum atomic E-state index is 12.6. The molecule has 114 valence electrons. The largest absolute Gasteiger partial charge is 0.324 e. The van der Waals surface area contributed by atoms with E-state index < -0.39 is 0 Å². The molecule has 1 aromatic heterocycles. The number of amides is 1. The molecule has 1 aromatic carbocycles. The molecule has 0 bridgehead atoms. The van der Waals surface area contributed by atoms with Crippen LogP contribution < -0.4 is 10.6 Å². The van der Waals surface area contributed by atoms with Crippen LogP contribution in [-0.2, 0) is 4.79 Å². The predicted molar refractivity (Wildman–Crippen MR) is 85.0 cm³/mol. The zero-order valence-electron chi connectivity index (χ0n) is 12.7. The number of anilines is 1. The van der Waals surface area contributed by atoms with Gasteiger partial charge in [-0.1, -0.05) is 0 Å². The van der Waals surface area contributed by atoms with Gasteiger partial charge in [0.2, 0.25) is 5.91 Å². The van der Waals surface area contributed by atoms with Crippen LogP contribution in [0.1, 0.15) is 24.8 Å². The van der Waals surface area contributed by atoms with E-state index in [0.717, 1.165) is 29.9 Å². The first-order chi connectivity index (χ1) is 10.7. The summed E-state index contributed by atoms with van der Waals surface area (Å²) >= 11 is 0. The van der Waals surface area contributed by atoms with Gasteiger partial charge in [-0.15, -0.1) is 0 Å². The second-order valence-corrected chi connectivity index (χ2v) is 6.37. The van der Waals surface area contributed by atoms with Crippen LogP contribution in [0.25, 0.3) is 5.69 Å². The molecule has 1 saturated carbocycles. The third kappa shape index (κ3) is 2.13. The highest BCUT2D eigenvalue weighted by Gasteiger charge is 2.60. The number of aromatic nitrogens is 2. The number of nitrogens with zero attached hydrogens (tertiary/aromatic N) is 2. The molecule has 2 fully saturated rings. The maximum absolute atomic E-state index is 12.6. The van der Waals surface area contributed by atoms with Gasteiger partial charge in [-0.25, -0.2) is 4.98 Å². The average molecular weight is 296 g/mol. The zero-order chi connectivity index (χ0) is 15.2. The van der Waals surface area contributed by atoms with E-state index in [2.05, 4.69) is 15.6 Å². The van der Waals surface area contributed by atoms with Gasteiger partial charge < -0.3 is 15.2 Å². The SMILES string of the molecule is Cc1cc(NC(=O)[C@]23C[C@H]2CCCN3)ccc1-n1ccnc1. The number of aryl methyl sites for hydroxylation is 1. The molecule has 2 aromatic rings. The topological polar surface area (TPSA) is 59.0 Å². The zero-order valence-corrected chi connectivity index (χ0v) is 12.7. The molecule has 5 nitrogen and oxygen atoms in total. The molecule has 0 unspecified atom stereocenters. The monoisotopic (exact) mass is 296 g/mol. The number of carbonyl (C=O) groups is 1. The number of carbonyl (C=O) groups excluding carboxylic acids is 1. The summed E-state index contributed by atoms with van der Waals surface area (Å²) in [5.74, 6) is 0.638. The number of benzene rings is 1. The fourth-order valence-electron chi connectivity index (χ4n) is 3.58. The number of hydrogen-bond acceptors (Lipinski definition) is 3. The first-order valence-corrected chi connectivity index (χ1v) is 7.84. The molecule has 22 heavy (non-hydrogen) atoms. The smallest absolute Gasteiger partial charge is 0.244 e. The molecule has 2 aliphatic rings. The van der Waals surface area contributed by atoms with Crippen molar-refractivity contribution < 1.29 is 4.79 Å². The molecule has 1 amide bonds. The number of nitrogens with one attached hydrogen (secondary N) is 2. The molecule has 1 aliphatic carbocycles. The van der Waals surface area contributed by atoms with Crippen LogP contribution in [0.5, 0.6) is 0 Å². The molecule has 4 rings (SSSR count). The minimum Gasteiger partial charge on any atom is -0.324 e. The summed E-state index contributed by atoms with van der Waals surface area (Å²) in [5.41, 5.74) is 2.75. The maximum Gasteiger partial charge on any atom is 0.244 e. The van der Waals surface area contributed by atoms with Crippen molar-refractivity contribution in [1.82, 2.24) is 14.9 Å². The fourth-order valence-corrected chi connectivity index (χ4v) is 3.58. The quantitative estimate of drug-likeness (QED) is 0.913. The fraction of sp³-hybridized carbons (Fsp3) is 0.412. The van der Waals surface area contributed by atoms with Crippen molar-refractivity contribution in [2.45, 2.75) is 31.7 Å². The van der Waals surface area contributed by atoms with Crippen molar-refractivity contribution in [1.29, 1.82) is 0 Å². The Bertz CT molecular complexity index is 709. The lowest BCUT2D eigenvalue weighted by Crippen LogP contribution is -2.47. The average Bonchev–Trinajstić information content (AvgIpc) is 3.04. The number of hydrogen-bond donors (Lipinski definition) is 2. The van der Waals surface area contributed by atoms with Crippen molar-refractivity contribution in [2.24, 2.45) is 5.92 Å². The summed E-state index contributed by atoms with van der Waals surface area (Å²) in [4.78, 5) is 16.6. The Morgan fingerprint density at radius 3 is 3.14 bits per heavy atom. The van der Waals surface area contributed by atoms with Crippen LogP contribution in [0.3, 0.4) is 0 Å². The molecule has 0 spiro atoms. The van der Waals surface area contributed by atoms with Gasteiger partial charge in [-0.2, -0.15) is 0 Å². The summed E-state index contributed by atoms with van der Waals surface area (Å²) in [5, 5.41) is 6.49. The summed E-state index contributed by atoms with van der Waals surface area (Å²) in [7, 11) is 0. The van der Waals surface area contributed by atoms with E-state index in [1.807, 2.05) is 35.9 Å². The van der Waals surface area contributed by atoms with E-state index in [0.29, 0.717) is 5.92 Å². The number of rotatable bonds is 3. The van der Waals surface area contributed by atoms with E-state index in [4.69, 9.17) is 0 Å². The molecule has 1 aliphatic heterocycles. The highest BCUT2D eigenvalue weighted by atomic mass is 16.2. The normalized spacial score (nSPS) is 26.3. The van der Waals surface area contributed by atoms with E-state index in [9.17, 15) is 4.79 Å². The third-order valence-electron chi connectivity index (χ3n) is 4.92. The van der Waals surface area contributed by atoms with Gasteiger partial charge in [-0.3, -0.25) is 4.79 Å². The van der Waals surface area contributed by atoms with Crippen LogP contribution in [0.2, 0.25) is 0 Å². The third-order valence-corrected chi connectivity index (χ3v) is 4.92. The van der Waals surface area contributed by atoms with E-state index in [-0.39, 0.29) is 11.4 Å². The Morgan fingerprint density at radius 2 is 2.41 bits per heavy atom. The Hall–Kier alpha value is -2.14. The highest BCUT2D eigenvalue weighted by molar-refractivity contribution is 6.01. The molecular formula is C17H20N4O. The molecule has 5 heteroatoms. The van der Waals surface area contributed by atoms with Crippen LogP contribution in [0, 0.1) is 12.8 Å². The van der Waals surface area contributed by atoms with Crippen molar-refractivity contribution in [3.05, 3.63) is 42.5 Å². The molecule has 0 radical (unpaired) electrons. The molecule has 1 saturated heterocycles. The van der Waals surface area contributed by atoms with E-state index in [1.54, 1.807) is 12.5 Å². The van der Waals surface area contributed by atoms with Crippen molar-refractivity contribution in [3.8, 4) is 5.69 Å². The van der Waals surface area contributed by atoms with Gasteiger partial charge in [-0.05, 0) is 62.4 Å². The van der Waals surface area contributed by atoms with Gasteiger partial charge in [0.25, 0.3) is 0 Å². The lowest BCUT2D eigenvalue weighted by molar-refractivity contribution is -0.119. The predicted octanol–water partition coefficient (Wildman–Crippen LogP) is 2.26. The van der Waals surface area contributed by atoms with Gasteiger partial charge in [0, 0.05) is 23.8 Å². The summed E-state index contributed by atoms with van der Waals surface area (Å²) in [6.45, 7) is 2.99. The first kappa shape index (κ1) is 13.5. The summed E-state index contributed by atoms with van der Waals surface area (Å²) in [6.07, 6.45) is 8.78. The Kier molecular flexibility index (Phi) is 3.04. The van der Waals surface area contributed by atoms with Crippen LogP contribution in [0.4, 0.5) is 5.69 Å². The first-order valence-electron chi connectivity index (χ1n) is 7.84. The van der Waals surface area contributed by atoms with Crippen molar-refractivity contribution >= 4 is 11.6 Å². The van der Waals surface area contributed by atoms with Crippen LogP contribution in [-0.4, -0.2) is 27.5 Å². The Morgan fingerprint density at radius 1 is 1.50 bits per heavy atom. The number of imidazole rings is 1. The summed E-state index contributed by atoms with van der Waals surface area (Å²) < 4.78 is 1.97. The van der Waals surface area contributed by atoms with E-state index in [1.165, 1.54) is 12.8 Å².